The molecule has 31 heavy (non-hydrogen) atoms. The topological polar surface area (TPSA) is 139 Å². The van der Waals surface area contributed by atoms with Crippen molar-refractivity contribution in [2.75, 3.05) is 18.8 Å². The number of amides is 4. The highest BCUT2D eigenvalue weighted by Gasteiger charge is 2.45. The third-order valence-corrected chi connectivity index (χ3v) is 7.32. The monoisotopic (exact) mass is 467 g/mol. The summed E-state index contributed by atoms with van der Waals surface area (Å²) in [5, 5.41) is 4.62. The van der Waals surface area contributed by atoms with Crippen LogP contribution in [0, 0.1) is 0 Å². The van der Waals surface area contributed by atoms with E-state index in [1.807, 2.05) is 13.8 Å². The van der Waals surface area contributed by atoms with Crippen LogP contribution in [0.1, 0.15) is 40.0 Å². The Morgan fingerprint density at radius 3 is 2.45 bits per heavy atom. The number of carbonyl (C=O) groups is 5. The van der Waals surface area contributed by atoms with Crippen molar-refractivity contribution in [2.45, 2.75) is 62.6 Å². The van der Waals surface area contributed by atoms with Gasteiger partial charge in [0.05, 0.1) is 17.8 Å². The maximum Gasteiger partial charge on any atom is 0.245 e. The Morgan fingerprint density at radius 2 is 1.94 bits per heavy atom. The van der Waals surface area contributed by atoms with Crippen molar-refractivity contribution >= 4 is 67.0 Å². The highest BCUT2D eigenvalue weighted by Crippen LogP contribution is 2.32. The van der Waals surface area contributed by atoms with Crippen LogP contribution in [0.3, 0.4) is 0 Å². The molecule has 1 saturated heterocycles. The van der Waals surface area contributed by atoms with Crippen molar-refractivity contribution in [1.82, 2.24) is 15.5 Å². The molecule has 0 bridgehead atoms. The minimum Gasteiger partial charge on any atom is -0.345 e. The van der Waals surface area contributed by atoms with E-state index in [9.17, 15) is 24.0 Å². The SMILES string of the molecule is [B][B]SC[C@H](NC(=O)CNC(=O)[C@H](CN)N1C(=O)CC(SC(CC)CC)C1=O)C(C)=O. The van der Waals surface area contributed by atoms with E-state index in [0.717, 1.165) is 17.7 Å². The standard InChI is InChI=1S/C18H29B2N4O5S2/c1-4-11(5-2)31-14-6-16(27)24(18(14)29)13(7-21)17(28)22-8-15(26)23-12(10(3)25)9-30-20-19/h11-14H,4-9,21H2,1-3H3,(H,22,28)(H,23,26)/t12-,13-,14?/m0/s1. The van der Waals surface area contributed by atoms with Gasteiger partial charge in [-0.15, -0.1) is 11.8 Å². The summed E-state index contributed by atoms with van der Waals surface area (Å²) < 4.78 is 0. The summed E-state index contributed by atoms with van der Waals surface area (Å²) in [4.78, 5) is 62.4. The Kier molecular flexibility index (Phi) is 12.3. The summed E-state index contributed by atoms with van der Waals surface area (Å²) in [7, 11) is 5.27. The lowest BCUT2D eigenvalue weighted by molar-refractivity contribution is -0.146. The molecule has 169 valence electrons. The van der Waals surface area contributed by atoms with Crippen LogP contribution in [0.4, 0.5) is 0 Å². The van der Waals surface area contributed by atoms with Crippen molar-refractivity contribution < 1.29 is 24.0 Å². The molecule has 1 aliphatic rings. The fraction of sp³-hybridized carbons (Fsp3) is 0.722. The third-order valence-electron chi connectivity index (χ3n) is 4.85. The van der Waals surface area contributed by atoms with Crippen LogP contribution >= 0.6 is 23.4 Å². The van der Waals surface area contributed by atoms with Crippen molar-refractivity contribution in [3.63, 3.8) is 0 Å². The lowest BCUT2D eigenvalue weighted by Gasteiger charge is -2.25. The first kappa shape index (κ1) is 27.6. The van der Waals surface area contributed by atoms with E-state index < -0.39 is 47.5 Å². The Balaban J connectivity index is 2.70. The van der Waals surface area contributed by atoms with Gasteiger partial charge >= 0.3 is 0 Å². The van der Waals surface area contributed by atoms with E-state index in [-0.39, 0.29) is 29.8 Å². The molecule has 1 heterocycles. The van der Waals surface area contributed by atoms with E-state index >= 15 is 0 Å². The van der Waals surface area contributed by atoms with Gasteiger partial charge in [-0.2, -0.15) is 0 Å². The number of rotatable bonds is 14. The molecule has 0 aromatic heterocycles. The summed E-state index contributed by atoms with van der Waals surface area (Å²) in [6, 6.07) is -1.93. The summed E-state index contributed by atoms with van der Waals surface area (Å²) in [6.45, 7) is 4.70. The maximum absolute atomic E-state index is 12.8. The fourth-order valence-corrected chi connectivity index (χ4v) is 4.98. The predicted octanol–water partition coefficient (Wildman–Crippen LogP) is -1.01. The number of nitrogens with zero attached hydrogens (tertiary/aromatic N) is 1. The van der Waals surface area contributed by atoms with Gasteiger partial charge in [-0.1, -0.05) is 13.8 Å². The van der Waals surface area contributed by atoms with E-state index in [1.54, 1.807) is 0 Å². The summed E-state index contributed by atoms with van der Waals surface area (Å²) in [5.41, 5.74) is 5.68. The van der Waals surface area contributed by atoms with Gasteiger partial charge in [-0.05, 0) is 19.8 Å². The predicted molar refractivity (Wildman–Crippen MR) is 125 cm³/mol. The zero-order valence-electron chi connectivity index (χ0n) is 18.1. The molecule has 0 saturated carbocycles. The number of ketones is 1. The van der Waals surface area contributed by atoms with Crippen LogP contribution in [-0.2, 0) is 24.0 Å². The molecule has 0 spiro atoms. The van der Waals surface area contributed by atoms with Crippen molar-refractivity contribution in [2.24, 2.45) is 5.73 Å². The van der Waals surface area contributed by atoms with Crippen LogP contribution in [0.15, 0.2) is 0 Å². The minimum atomic E-state index is -1.19. The largest absolute Gasteiger partial charge is 0.345 e. The molecule has 1 unspecified atom stereocenters. The van der Waals surface area contributed by atoms with E-state index in [2.05, 4.69) is 10.6 Å². The zero-order chi connectivity index (χ0) is 23.6. The zero-order valence-corrected chi connectivity index (χ0v) is 19.7. The second-order valence-corrected chi connectivity index (χ2v) is 9.49. The molecule has 0 aliphatic carbocycles. The second kappa shape index (κ2) is 13.8. The molecule has 13 heteroatoms. The fourth-order valence-electron chi connectivity index (χ4n) is 3.04. The number of carbonyl (C=O) groups excluding carboxylic acids is 5. The molecule has 3 atom stereocenters. The lowest BCUT2D eigenvalue weighted by atomic mass is 9.79. The van der Waals surface area contributed by atoms with Crippen molar-refractivity contribution in [1.29, 1.82) is 0 Å². The molecule has 1 rings (SSSR count). The molecule has 0 aromatic rings. The molecule has 1 fully saturated rings. The van der Waals surface area contributed by atoms with Gasteiger partial charge in [0.25, 0.3) is 0 Å². The van der Waals surface area contributed by atoms with E-state index in [0.29, 0.717) is 0 Å². The quantitative estimate of drug-likeness (QED) is 0.218. The normalized spacial score (nSPS) is 18.1. The van der Waals surface area contributed by atoms with Gasteiger partial charge in [0.15, 0.2) is 5.78 Å². The molecule has 1 aliphatic heterocycles. The highest BCUT2D eigenvalue weighted by molar-refractivity contribution is 8.26. The van der Waals surface area contributed by atoms with Crippen LogP contribution in [0.5, 0.6) is 0 Å². The minimum absolute atomic E-state index is 0.0282. The molecule has 3 radical (unpaired) electrons. The number of thioether (sulfide) groups is 1. The summed E-state index contributed by atoms with van der Waals surface area (Å²) >= 11 is 2.62. The van der Waals surface area contributed by atoms with Gasteiger partial charge in [0, 0.05) is 31.7 Å². The van der Waals surface area contributed by atoms with Gasteiger partial charge in [-0.3, -0.25) is 28.9 Å². The first-order valence-electron chi connectivity index (χ1n) is 10.1. The average molecular weight is 467 g/mol. The summed E-state index contributed by atoms with van der Waals surface area (Å²) in [6.07, 6.45) is 3.09. The highest BCUT2D eigenvalue weighted by atomic mass is 32.2. The molecule has 4 N–H and O–H groups in total. The average Bonchev–Trinajstić information content (AvgIpc) is 3.01. The number of hydrogen-bond acceptors (Lipinski definition) is 8. The number of Topliss-reactive ketones (excluding diaryl/α,β-unsaturated/α-hetero) is 1. The molecular formula is C18H29B2N4O5S2. The first-order valence-corrected chi connectivity index (χ1v) is 12.1. The molecule has 9 nitrogen and oxygen atoms in total. The maximum atomic E-state index is 12.8. The summed E-state index contributed by atoms with van der Waals surface area (Å²) in [5.74, 6) is -2.13. The number of likely N-dealkylation sites (tertiary alicyclic amines) is 1. The van der Waals surface area contributed by atoms with Crippen LogP contribution in [0.25, 0.3) is 0 Å². The molecule has 0 aromatic carbocycles. The van der Waals surface area contributed by atoms with E-state index in [4.69, 9.17) is 13.5 Å². The smallest absolute Gasteiger partial charge is 0.245 e. The van der Waals surface area contributed by atoms with Crippen molar-refractivity contribution in [3.05, 3.63) is 0 Å². The van der Waals surface area contributed by atoms with Crippen LogP contribution in [0.2, 0.25) is 0 Å². The van der Waals surface area contributed by atoms with Gasteiger partial charge in [-0.25, -0.2) is 11.6 Å². The van der Waals surface area contributed by atoms with E-state index in [1.165, 1.54) is 36.7 Å². The Labute approximate surface area is 193 Å². The number of imide groups is 1. The second-order valence-electron chi connectivity index (χ2n) is 7.04. The first-order chi connectivity index (χ1) is 14.7. The lowest BCUT2D eigenvalue weighted by Crippen LogP contribution is -2.55. The van der Waals surface area contributed by atoms with Gasteiger partial charge in [0.1, 0.15) is 12.5 Å². The van der Waals surface area contributed by atoms with Crippen LogP contribution in [-0.4, -0.2) is 89.9 Å². The van der Waals surface area contributed by atoms with Gasteiger partial charge < -0.3 is 16.4 Å². The molecular weight excluding hydrogens is 438 g/mol. The Hall–Kier alpha value is -1.46. The van der Waals surface area contributed by atoms with Gasteiger partial charge in [0.2, 0.25) is 23.6 Å². The Bertz CT molecular complexity index is 681. The number of hydrogen-bond donors (Lipinski definition) is 3. The Morgan fingerprint density at radius 1 is 1.29 bits per heavy atom. The van der Waals surface area contributed by atoms with Crippen molar-refractivity contribution in [3.8, 4) is 0 Å². The third kappa shape index (κ3) is 8.19. The number of nitrogens with two attached hydrogens (primary N) is 1. The molecule has 4 amide bonds. The number of nitrogens with one attached hydrogen (secondary N) is 2. The van der Waals surface area contributed by atoms with Crippen LogP contribution < -0.4 is 16.4 Å².